The fourth-order valence-electron chi connectivity index (χ4n) is 2.18. The number of hydrogen-bond acceptors (Lipinski definition) is 2. The van der Waals surface area contributed by atoms with Crippen LogP contribution in [0.2, 0.25) is 0 Å². The lowest BCUT2D eigenvalue weighted by Gasteiger charge is -2.22. The molecular weight excluding hydrogens is 236 g/mol. The second-order valence-corrected chi connectivity index (χ2v) is 4.69. The van der Waals surface area contributed by atoms with Crippen LogP contribution in [0.1, 0.15) is 31.7 Å². The minimum atomic E-state index is 0.170. The van der Waals surface area contributed by atoms with Crippen LogP contribution in [0.4, 0.5) is 0 Å². The van der Waals surface area contributed by atoms with E-state index < -0.39 is 0 Å². The number of guanidine groups is 1. The monoisotopic (exact) mass is 262 g/mol. The van der Waals surface area contributed by atoms with Gasteiger partial charge in [-0.1, -0.05) is 44.2 Å². The molecule has 1 aromatic carbocycles. The molecule has 0 aliphatic heterocycles. The molecule has 1 aromatic rings. The molecule has 4 nitrogen and oxygen atoms in total. The topological polar surface area (TPSA) is 67.6 Å². The molecule has 0 spiro atoms. The van der Waals surface area contributed by atoms with E-state index in [1.54, 1.807) is 0 Å². The van der Waals surface area contributed by atoms with Crippen LogP contribution in [0.25, 0.3) is 0 Å². The van der Waals surface area contributed by atoms with Gasteiger partial charge < -0.3 is 16.4 Å². The van der Waals surface area contributed by atoms with Gasteiger partial charge in [0.1, 0.15) is 0 Å². The molecule has 0 unspecified atom stereocenters. The van der Waals surface area contributed by atoms with Crippen molar-refractivity contribution in [2.45, 2.75) is 26.2 Å². The fraction of sp³-hybridized carbons (Fsp3) is 0.533. The summed E-state index contributed by atoms with van der Waals surface area (Å²) in [5.41, 5.74) is 12.2. The maximum atomic E-state index is 5.44. The zero-order chi connectivity index (χ0) is 14.1. The molecular formula is C15H26N4. The van der Waals surface area contributed by atoms with Crippen LogP contribution in [0.3, 0.4) is 0 Å². The molecule has 1 atom stereocenters. The summed E-state index contributed by atoms with van der Waals surface area (Å²) in [5.74, 6) is 0.549. The average molecular weight is 262 g/mol. The molecule has 0 amide bonds. The summed E-state index contributed by atoms with van der Waals surface area (Å²) in [5, 5.41) is 0. The van der Waals surface area contributed by atoms with Crippen molar-refractivity contribution in [1.82, 2.24) is 4.90 Å². The largest absolute Gasteiger partial charge is 0.370 e. The van der Waals surface area contributed by atoms with E-state index in [0.29, 0.717) is 12.5 Å². The molecule has 0 bridgehead atoms. The third-order valence-electron chi connectivity index (χ3n) is 3.45. The highest BCUT2D eigenvalue weighted by Gasteiger charge is 2.12. The predicted octanol–water partition coefficient (Wildman–Crippen LogP) is 1.78. The third kappa shape index (κ3) is 5.75. The van der Waals surface area contributed by atoms with Gasteiger partial charge in [-0.15, -0.1) is 0 Å². The maximum Gasteiger partial charge on any atom is 0.185 e. The molecule has 19 heavy (non-hydrogen) atoms. The van der Waals surface area contributed by atoms with E-state index in [-0.39, 0.29) is 5.96 Å². The van der Waals surface area contributed by atoms with Crippen LogP contribution in [0, 0.1) is 0 Å². The summed E-state index contributed by atoms with van der Waals surface area (Å²) < 4.78 is 0. The van der Waals surface area contributed by atoms with Crippen molar-refractivity contribution in [2.75, 3.05) is 26.2 Å². The van der Waals surface area contributed by atoms with Gasteiger partial charge in [0.2, 0.25) is 0 Å². The normalized spacial score (nSPS) is 12.4. The third-order valence-corrected chi connectivity index (χ3v) is 3.45. The summed E-state index contributed by atoms with van der Waals surface area (Å²) in [4.78, 5) is 6.61. The number of benzene rings is 1. The minimum Gasteiger partial charge on any atom is -0.370 e. The standard InChI is InChI=1S/C15H26N4/c1-3-19(4-2)11-10-14(12-18-15(16)17)13-8-6-5-7-9-13/h5-9,14H,3-4,10-12H2,1-2H3,(H4,16,17,18)/t14-/m0/s1. The first kappa shape index (κ1) is 15.5. The molecule has 4 N–H and O–H groups in total. The van der Waals surface area contributed by atoms with E-state index in [9.17, 15) is 0 Å². The summed E-state index contributed by atoms with van der Waals surface area (Å²) in [7, 11) is 0. The Kier molecular flexibility index (Phi) is 6.97. The number of hydrogen-bond donors (Lipinski definition) is 2. The Labute approximate surface area is 116 Å². The van der Waals surface area contributed by atoms with Gasteiger partial charge in [-0.25, -0.2) is 0 Å². The zero-order valence-corrected chi connectivity index (χ0v) is 12.0. The molecule has 1 rings (SSSR count). The van der Waals surface area contributed by atoms with Gasteiger partial charge in [-0.2, -0.15) is 0 Å². The van der Waals surface area contributed by atoms with E-state index >= 15 is 0 Å². The van der Waals surface area contributed by atoms with Crippen molar-refractivity contribution in [1.29, 1.82) is 0 Å². The van der Waals surface area contributed by atoms with Crippen LogP contribution < -0.4 is 11.5 Å². The highest BCUT2D eigenvalue weighted by molar-refractivity contribution is 5.75. The zero-order valence-electron chi connectivity index (χ0n) is 12.0. The van der Waals surface area contributed by atoms with Gasteiger partial charge in [-0.05, 0) is 31.6 Å². The highest BCUT2D eigenvalue weighted by atomic mass is 15.1. The number of aliphatic imine (C=N–C) groups is 1. The summed E-state index contributed by atoms with van der Waals surface area (Å²) >= 11 is 0. The SMILES string of the molecule is CCN(CC)CC[C@@H](CN=C(N)N)c1ccccc1. The first-order valence-corrected chi connectivity index (χ1v) is 7.00. The first-order valence-electron chi connectivity index (χ1n) is 7.00. The second-order valence-electron chi connectivity index (χ2n) is 4.69. The quantitative estimate of drug-likeness (QED) is 0.554. The second kappa shape index (κ2) is 8.53. The molecule has 0 aliphatic rings. The van der Waals surface area contributed by atoms with Crippen LogP contribution in [-0.4, -0.2) is 37.0 Å². The molecule has 4 heteroatoms. The molecule has 106 valence electrons. The van der Waals surface area contributed by atoms with Crippen molar-refractivity contribution >= 4 is 5.96 Å². The predicted molar refractivity (Wildman–Crippen MR) is 82.3 cm³/mol. The van der Waals surface area contributed by atoms with Crippen molar-refractivity contribution in [2.24, 2.45) is 16.5 Å². The average Bonchev–Trinajstić information content (AvgIpc) is 2.43. The van der Waals surface area contributed by atoms with Crippen molar-refractivity contribution in [3.63, 3.8) is 0 Å². The molecule has 0 fully saturated rings. The molecule has 0 aliphatic carbocycles. The van der Waals surface area contributed by atoms with E-state index in [0.717, 1.165) is 26.1 Å². The molecule has 0 saturated heterocycles. The van der Waals surface area contributed by atoms with Gasteiger partial charge in [0.15, 0.2) is 5.96 Å². The number of nitrogens with zero attached hydrogens (tertiary/aromatic N) is 2. The maximum absolute atomic E-state index is 5.44. The lowest BCUT2D eigenvalue weighted by Crippen LogP contribution is -2.27. The van der Waals surface area contributed by atoms with Crippen LogP contribution in [0.15, 0.2) is 35.3 Å². The highest BCUT2D eigenvalue weighted by Crippen LogP contribution is 2.20. The van der Waals surface area contributed by atoms with Gasteiger partial charge in [-0.3, -0.25) is 4.99 Å². The fourth-order valence-corrected chi connectivity index (χ4v) is 2.18. The van der Waals surface area contributed by atoms with Crippen LogP contribution >= 0.6 is 0 Å². The lowest BCUT2D eigenvalue weighted by molar-refractivity contribution is 0.291. The molecule has 0 aromatic heterocycles. The number of nitrogens with two attached hydrogens (primary N) is 2. The van der Waals surface area contributed by atoms with E-state index in [1.165, 1.54) is 5.56 Å². The van der Waals surface area contributed by atoms with Gasteiger partial charge >= 0.3 is 0 Å². The van der Waals surface area contributed by atoms with Crippen molar-refractivity contribution in [3.8, 4) is 0 Å². The molecule has 0 saturated carbocycles. The number of rotatable bonds is 8. The van der Waals surface area contributed by atoms with E-state index in [1.807, 2.05) is 6.07 Å². The van der Waals surface area contributed by atoms with Gasteiger partial charge in [0, 0.05) is 12.5 Å². The van der Waals surface area contributed by atoms with Crippen molar-refractivity contribution in [3.05, 3.63) is 35.9 Å². The molecule has 0 radical (unpaired) electrons. The minimum absolute atomic E-state index is 0.170. The first-order chi connectivity index (χ1) is 9.17. The summed E-state index contributed by atoms with van der Waals surface area (Å²) in [6.07, 6.45) is 1.07. The smallest absolute Gasteiger partial charge is 0.185 e. The van der Waals surface area contributed by atoms with E-state index in [2.05, 4.69) is 48.0 Å². The summed E-state index contributed by atoms with van der Waals surface area (Å²) in [6, 6.07) is 10.5. The van der Waals surface area contributed by atoms with Gasteiger partial charge in [0.05, 0.1) is 0 Å². The Morgan fingerprint density at radius 2 is 1.79 bits per heavy atom. The molecule has 0 heterocycles. The Hall–Kier alpha value is -1.55. The Morgan fingerprint density at radius 3 is 2.32 bits per heavy atom. The van der Waals surface area contributed by atoms with Crippen LogP contribution in [-0.2, 0) is 0 Å². The lowest BCUT2D eigenvalue weighted by atomic mass is 9.95. The Balaban J connectivity index is 2.67. The summed E-state index contributed by atoms with van der Waals surface area (Å²) in [6.45, 7) is 8.29. The van der Waals surface area contributed by atoms with Crippen molar-refractivity contribution < 1.29 is 0 Å². The Morgan fingerprint density at radius 1 is 1.16 bits per heavy atom. The Bertz CT molecular complexity index is 367. The van der Waals surface area contributed by atoms with Crippen LogP contribution in [0.5, 0.6) is 0 Å². The van der Waals surface area contributed by atoms with Gasteiger partial charge in [0.25, 0.3) is 0 Å². The van der Waals surface area contributed by atoms with E-state index in [4.69, 9.17) is 11.5 Å².